The zero-order valence-corrected chi connectivity index (χ0v) is 22.6. The second-order valence-electron chi connectivity index (χ2n) is 9.29. The maximum Gasteiger partial charge on any atom is 0.257 e. The summed E-state index contributed by atoms with van der Waals surface area (Å²) < 4.78 is 1.77. The molecule has 0 fully saturated rings. The fourth-order valence-electron chi connectivity index (χ4n) is 4.77. The lowest BCUT2D eigenvalue weighted by atomic mass is 9.98. The minimum Gasteiger partial charge on any atom is -0.343 e. The molecule has 2 aromatic carbocycles. The van der Waals surface area contributed by atoms with E-state index in [0.717, 1.165) is 40.2 Å². The molecule has 4 aromatic rings. The first-order valence-corrected chi connectivity index (χ1v) is 13.3. The monoisotopic (exact) mass is 513 g/mol. The zero-order valence-electron chi connectivity index (χ0n) is 22.6. The molecule has 0 saturated heterocycles. The van der Waals surface area contributed by atoms with Gasteiger partial charge in [-0.05, 0) is 60.7 Å². The molecule has 2 heterocycles. The second-order valence-corrected chi connectivity index (χ2v) is 9.29. The number of nitrogens with one attached hydrogen (secondary N) is 1. The summed E-state index contributed by atoms with van der Waals surface area (Å²) in [5.41, 5.74) is 5.24. The van der Waals surface area contributed by atoms with E-state index in [1.54, 1.807) is 9.47 Å². The first-order chi connectivity index (χ1) is 18.5. The summed E-state index contributed by atoms with van der Waals surface area (Å²) in [6, 6.07) is 16.1. The van der Waals surface area contributed by atoms with Crippen molar-refractivity contribution in [3.63, 3.8) is 0 Å². The Morgan fingerprint density at radius 1 is 0.974 bits per heavy atom. The van der Waals surface area contributed by atoms with Crippen LogP contribution in [0.4, 0.5) is 0 Å². The molecule has 38 heavy (non-hydrogen) atoms. The van der Waals surface area contributed by atoms with Crippen LogP contribution in [0.15, 0.2) is 53.3 Å². The molecule has 0 saturated carbocycles. The van der Waals surface area contributed by atoms with Gasteiger partial charge >= 0.3 is 0 Å². The normalized spacial score (nSPS) is 11.1. The Bertz CT molecular complexity index is 1420. The van der Waals surface area contributed by atoms with Crippen LogP contribution in [-0.2, 0) is 24.2 Å². The number of nitrogens with zero attached hydrogens (tertiary/aromatic N) is 6. The summed E-state index contributed by atoms with van der Waals surface area (Å²) in [5, 5.41) is 14.3. The number of hydrogen-bond donors (Lipinski definition) is 1. The molecule has 9 heteroatoms. The number of carbonyl (C=O) groups is 1. The molecule has 4 rings (SSSR count). The number of amides is 1. The van der Waals surface area contributed by atoms with Gasteiger partial charge in [0.1, 0.15) is 5.82 Å². The number of hydrogen-bond acceptors (Lipinski definition) is 6. The Hall–Kier alpha value is -4.14. The molecule has 0 aliphatic carbocycles. The van der Waals surface area contributed by atoms with Crippen LogP contribution >= 0.6 is 0 Å². The molecule has 9 nitrogen and oxygen atoms in total. The van der Waals surface area contributed by atoms with Gasteiger partial charge in [0.25, 0.3) is 5.56 Å². The summed E-state index contributed by atoms with van der Waals surface area (Å²) in [5.74, 6) is 1.45. The first kappa shape index (κ1) is 26.9. The van der Waals surface area contributed by atoms with Crippen molar-refractivity contribution in [1.82, 2.24) is 35.1 Å². The number of aryl methyl sites for hydroxylation is 2. The van der Waals surface area contributed by atoms with Crippen molar-refractivity contribution in [2.45, 2.75) is 59.9 Å². The van der Waals surface area contributed by atoms with Gasteiger partial charge in [0.2, 0.25) is 5.91 Å². The van der Waals surface area contributed by atoms with E-state index in [-0.39, 0.29) is 11.5 Å². The van der Waals surface area contributed by atoms with Crippen LogP contribution in [-0.4, -0.2) is 54.1 Å². The number of benzene rings is 2. The summed E-state index contributed by atoms with van der Waals surface area (Å²) in [6.45, 7) is 9.65. The fourth-order valence-corrected chi connectivity index (χ4v) is 4.77. The molecule has 0 aliphatic heterocycles. The number of aromatic nitrogens is 6. The summed E-state index contributed by atoms with van der Waals surface area (Å²) in [4.78, 5) is 32.8. The second kappa shape index (κ2) is 12.4. The van der Waals surface area contributed by atoms with Crippen LogP contribution in [0, 0.1) is 6.92 Å². The quantitative estimate of drug-likeness (QED) is 0.322. The third-order valence-electron chi connectivity index (χ3n) is 6.86. The number of carbonyl (C=O) groups excluding carboxylic acids is 1. The van der Waals surface area contributed by atoms with Crippen LogP contribution in [0.5, 0.6) is 0 Å². The molecule has 0 bridgehead atoms. The van der Waals surface area contributed by atoms with Gasteiger partial charge in [0, 0.05) is 42.8 Å². The average molecular weight is 514 g/mol. The topological polar surface area (TPSA) is 110 Å². The van der Waals surface area contributed by atoms with Crippen molar-refractivity contribution in [2.75, 3.05) is 13.1 Å². The number of H-pyrrole nitrogens is 1. The molecular weight excluding hydrogens is 478 g/mol. The van der Waals surface area contributed by atoms with Crippen LogP contribution < -0.4 is 5.56 Å². The Labute approximate surface area is 222 Å². The van der Waals surface area contributed by atoms with Crippen molar-refractivity contribution >= 4 is 5.91 Å². The van der Waals surface area contributed by atoms with Crippen molar-refractivity contribution in [3.05, 3.63) is 81.5 Å². The van der Waals surface area contributed by atoms with E-state index >= 15 is 0 Å². The number of aromatic amines is 1. The number of rotatable bonds is 11. The minimum atomic E-state index is -0.0551. The minimum absolute atomic E-state index is 0.0551. The lowest BCUT2D eigenvalue weighted by Crippen LogP contribution is -2.33. The van der Waals surface area contributed by atoms with Gasteiger partial charge in [-0.25, -0.2) is 10.1 Å². The van der Waals surface area contributed by atoms with Crippen molar-refractivity contribution < 1.29 is 4.79 Å². The highest BCUT2D eigenvalue weighted by Crippen LogP contribution is 2.29. The average Bonchev–Trinajstić information content (AvgIpc) is 3.47. The molecule has 1 N–H and O–H groups in total. The van der Waals surface area contributed by atoms with E-state index in [1.807, 2.05) is 69.3 Å². The van der Waals surface area contributed by atoms with Crippen LogP contribution in [0.25, 0.3) is 22.5 Å². The predicted octanol–water partition coefficient (Wildman–Crippen LogP) is 4.20. The molecule has 0 radical (unpaired) electrons. The Morgan fingerprint density at radius 2 is 1.68 bits per heavy atom. The maximum absolute atomic E-state index is 13.7. The van der Waals surface area contributed by atoms with Gasteiger partial charge in [-0.15, -0.1) is 5.10 Å². The van der Waals surface area contributed by atoms with E-state index in [0.29, 0.717) is 50.3 Å². The zero-order chi connectivity index (χ0) is 27.1. The van der Waals surface area contributed by atoms with Gasteiger partial charge < -0.3 is 4.90 Å². The Kier molecular flexibility index (Phi) is 8.78. The molecular formula is C29H35N7O2. The maximum atomic E-state index is 13.7. The SMILES string of the molecule is CCCc1nc(C)c(CCC(=O)N(CC)CC)c(=O)n1Cc1ccc(-c2ccccc2-c2nnn[nH]2)cc1. The van der Waals surface area contributed by atoms with Crippen LogP contribution in [0.3, 0.4) is 0 Å². The predicted molar refractivity (Wildman–Crippen MR) is 148 cm³/mol. The largest absolute Gasteiger partial charge is 0.343 e. The first-order valence-electron chi connectivity index (χ1n) is 13.3. The molecule has 0 unspecified atom stereocenters. The smallest absolute Gasteiger partial charge is 0.257 e. The van der Waals surface area contributed by atoms with Crippen molar-refractivity contribution in [1.29, 1.82) is 0 Å². The van der Waals surface area contributed by atoms with Gasteiger partial charge in [0.05, 0.1) is 6.54 Å². The molecule has 0 aliphatic rings. The lowest BCUT2D eigenvalue weighted by molar-refractivity contribution is -0.130. The van der Waals surface area contributed by atoms with Crippen molar-refractivity contribution in [3.8, 4) is 22.5 Å². The highest BCUT2D eigenvalue weighted by atomic mass is 16.2. The Balaban J connectivity index is 1.61. The van der Waals surface area contributed by atoms with E-state index in [4.69, 9.17) is 4.98 Å². The van der Waals surface area contributed by atoms with E-state index in [9.17, 15) is 9.59 Å². The Morgan fingerprint density at radius 3 is 2.32 bits per heavy atom. The van der Waals surface area contributed by atoms with Gasteiger partial charge in [0.15, 0.2) is 5.82 Å². The third-order valence-corrected chi connectivity index (χ3v) is 6.86. The molecule has 198 valence electrons. The number of tetrazole rings is 1. The van der Waals surface area contributed by atoms with E-state index in [1.165, 1.54) is 0 Å². The molecule has 1 amide bonds. The highest BCUT2D eigenvalue weighted by Gasteiger charge is 2.17. The van der Waals surface area contributed by atoms with E-state index in [2.05, 4.69) is 27.5 Å². The highest BCUT2D eigenvalue weighted by molar-refractivity contribution is 5.80. The van der Waals surface area contributed by atoms with Gasteiger partial charge in [-0.1, -0.05) is 55.5 Å². The molecule has 0 atom stereocenters. The van der Waals surface area contributed by atoms with E-state index < -0.39 is 0 Å². The summed E-state index contributed by atoms with van der Waals surface area (Å²) in [7, 11) is 0. The van der Waals surface area contributed by atoms with Crippen LogP contribution in [0.1, 0.15) is 56.3 Å². The fraction of sp³-hybridized carbons (Fsp3) is 0.379. The molecule has 0 spiro atoms. The lowest BCUT2D eigenvalue weighted by Gasteiger charge is -2.19. The summed E-state index contributed by atoms with van der Waals surface area (Å²) in [6.07, 6.45) is 2.30. The van der Waals surface area contributed by atoms with Crippen LogP contribution in [0.2, 0.25) is 0 Å². The standard InChI is InChI=1S/C29H35N7O2/c1-5-10-26-30-20(4)23(17-18-27(37)35(6-2)7-3)29(38)36(26)19-21-13-15-22(16-14-21)24-11-8-9-12-25(24)28-31-33-34-32-28/h8-9,11-16H,5-7,10,17-19H2,1-4H3,(H,31,32,33,34). The van der Waals surface area contributed by atoms with Crippen molar-refractivity contribution in [2.24, 2.45) is 0 Å². The van der Waals surface area contributed by atoms with Gasteiger partial charge in [-0.2, -0.15) is 0 Å². The summed E-state index contributed by atoms with van der Waals surface area (Å²) >= 11 is 0. The molecule has 2 aromatic heterocycles. The van der Waals surface area contributed by atoms with Gasteiger partial charge in [-0.3, -0.25) is 14.2 Å². The third kappa shape index (κ3) is 5.88.